The molecular weight excluding hydrogens is 546 g/mol. The number of nitrogens with one attached hydrogen (secondary N) is 3. The monoisotopic (exact) mass is 597 g/mol. The number of carbonyl (C=O) groups is 5. The van der Waals surface area contributed by atoms with Crippen molar-refractivity contribution < 1.29 is 28.2 Å². The molecule has 2 rings (SSSR count). The van der Waals surface area contributed by atoms with Crippen LogP contribution in [-0.2, 0) is 30.0 Å². The molecule has 5 amide bonds. The molecule has 4 unspecified atom stereocenters. The molecule has 0 spiro atoms. The molecule has 0 aromatic carbocycles. The minimum absolute atomic E-state index is 0.0125. The van der Waals surface area contributed by atoms with Crippen LogP contribution in [0.2, 0.25) is 0 Å². The third-order valence-electron chi connectivity index (χ3n) is 8.03. The van der Waals surface area contributed by atoms with Gasteiger partial charge in [0, 0.05) is 33.9 Å². The van der Waals surface area contributed by atoms with E-state index in [0.29, 0.717) is 25.8 Å². The van der Waals surface area contributed by atoms with Crippen molar-refractivity contribution in [2.24, 2.45) is 23.0 Å². The van der Waals surface area contributed by atoms with Crippen LogP contribution in [0.5, 0.6) is 0 Å². The van der Waals surface area contributed by atoms with Gasteiger partial charge in [0.25, 0.3) is 5.91 Å². The predicted molar refractivity (Wildman–Crippen MR) is 159 cm³/mol. The molecule has 0 bridgehead atoms. The van der Waals surface area contributed by atoms with Crippen LogP contribution >= 0.6 is 0 Å². The summed E-state index contributed by atoms with van der Waals surface area (Å²) in [6.07, 6.45) is 4.22. The molecule has 1 saturated heterocycles. The number of nitrogens with zero attached hydrogens (tertiary/aromatic N) is 1. The van der Waals surface area contributed by atoms with Crippen LogP contribution in [0, 0.1) is 17.3 Å². The van der Waals surface area contributed by atoms with Crippen molar-refractivity contribution in [2.75, 3.05) is 12.3 Å². The Morgan fingerprint density at radius 1 is 0.927 bits per heavy atom. The van der Waals surface area contributed by atoms with E-state index in [9.17, 15) is 28.2 Å². The van der Waals surface area contributed by atoms with E-state index in [1.54, 1.807) is 0 Å². The van der Waals surface area contributed by atoms with Gasteiger partial charge in [0.1, 0.15) is 12.1 Å². The van der Waals surface area contributed by atoms with Crippen molar-refractivity contribution >= 4 is 40.3 Å². The third-order valence-corrected chi connectivity index (χ3v) is 10.1. The lowest BCUT2D eigenvalue weighted by Crippen LogP contribution is -2.61. The van der Waals surface area contributed by atoms with Crippen LogP contribution in [0.1, 0.15) is 93.9 Å². The molecular formula is C29H51N5O6S. The zero-order valence-corrected chi connectivity index (χ0v) is 26.8. The summed E-state index contributed by atoms with van der Waals surface area (Å²) in [4.78, 5) is 65.9. The largest absolute Gasteiger partial charge is 0.363 e. The van der Waals surface area contributed by atoms with Gasteiger partial charge in [-0.2, -0.15) is 0 Å². The lowest BCUT2D eigenvalue weighted by Gasteiger charge is -2.36. The van der Waals surface area contributed by atoms with E-state index in [1.165, 1.54) is 4.90 Å². The topological polar surface area (TPSA) is 168 Å². The Labute approximate surface area is 247 Å². The van der Waals surface area contributed by atoms with Gasteiger partial charge in [-0.05, 0) is 57.3 Å². The summed E-state index contributed by atoms with van der Waals surface area (Å²) in [5, 5.41) is 8.42. The molecule has 5 atom stereocenters. The number of Topliss-reactive ketones (excluding diaryl/α,β-unsaturated/α-hetero) is 1. The van der Waals surface area contributed by atoms with Gasteiger partial charge in [-0.15, -0.1) is 0 Å². The minimum Gasteiger partial charge on any atom is -0.363 e. The first-order chi connectivity index (χ1) is 18.8. The number of urea groups is 1. The molecule has 0 aromatic heterocycles. The van der Waals surface area contributed by atoms with Crippen molar-refractivity contribution in [1.82, 2.24) is 20.9 Å². The fourth-order valence-corrected chi connectivity index (χ4v) is 6.30. The second kappa shape index (κ2) is 14.1. The summed E-state index contributed by atoms with van der Waals surface area (Å²) in [5.74, 6) is -2.30. The average molecular weight is 598 g/mol. The van der Waals surface area contributed by atoms with Crippen LogP contribution in [0.3, 0.4) is 0 Å². The van der Waals surface area contributed by atoms with E-state index < -0.39 is 68.6 Å². The lowest BCUT2D eigenvalue weighted by molar-refractivity contribution is -0.143. The molecule has 1 aliphatic carbocycles. The van der Waals surface area contributed by atoms with Gasteiger partial charge in [-0.25, -0.2) is 4.79 Å². The van der Waals surface area contributed by atoms with E-state index >= 15 is 0 Å². The molecule has 0 aromatic rings. The quantitative estimate of drug-likeness (QED) is 0.251. The normalized spacial score (nSPS) is 20.9. The highest BCUT2D eigenvalue weighted by Gasteiger charge is 2.43. The van der Waals surface area contributed by atoms with Crippen LogP contribution < -0.4 is 21.7 Å². The Balaban J connectivity index is 2.16. The number of hydrogen-bond acceptors (Lipinski definition) is 6. The van der Waals surface area contributed by atoms with Crippen LogP contribution in [0.15, 0.2) is 0 Å². The fourth-order valence-electron chi connectivity index (χ4n) is 5.01. The summed E-state index contributed by atoms with van der Waals surface area (Å²) < 4.78 is 12.3. The molecule has 1 saturated carbocycles. The number of likely N-dealkylation sites (tertiary alicyclic amines) is 1. The number of amides is 5. The van der Waals surface area contributed by atoms with E-state index in [4.69, 9.17) is 5.73 Å². The highest BCUT2D eigenvalue weighted by molar-refractivity contribution is 7.86. The Kier molecular flexibility index (Phi) is 11.9. The molecule has 2 aliphatic rings. The lowest BCUT2D eigenvalue weighted by atomic mass is 9.80. The SMILES string of the molecule is CC(C)C(CS(=O)C(C)(C)C)NC(=O)NC(C(=O)N1CCC[C@H]1C(=O)NC(CC1CCC1)C(=O)C(N)=O)C(C)(C)C. The Bertz CT molecular complexity index is 1010. The molecule has 1 heterocycles. The smallest absolute Gasteiger partial charge is 0.315 e. The first-order valence-corrected chi connectivity index (χ1v) is 16.0. The number of nitrogens with two attached hydrogens (primary N) is 1. The van der Waals surface area contributed by atoms with Crippen LogP contribution in [0.4, 0.5) is 4.79 Å². The highest BCUT2D eigenvalue weighted by atomic mass is 32.2. The van der Waals surface area contributed by atoms with Crippen molar-refractivity contribution in [3.63, 3.8) is 0 Å². The second-order valence-electron chi connectivity index (χ2n) is 13.9. The van der Waals surface area contributed by atoms with E-state index in [2.05, 4.69) is 16.0 Å². The Morgan fingerprint density at radius 3 is 2.00 bits per heavy atom. The maximum absolute atomic E-state index is 13.8. The molecule has 234 valence electrons. The van der Waals surface area contributed by atoms with Gasteiger partial charge in [-0.3, -0.25) is 23.4 Å². The molecule has 0 radical (unpaired) electrons. The standard InChI is InChI=1S/C29H51N5O6S/c1-17(2)20(16-41(40)29(6,7)8)32-27(39)33-23(28(3,4)5)26(38)34-14-10-13-21(34)25(37)31-19(22(35)24(30)36)15-18-11-9-12-18/h17-21,23H,9-16H2,1-8H3,(H2,30,36)(H,31,37)(H2,32,33,39)/t19?,20?,21-,23?,41?/m0/s1. The van der Waals surface area contributed by atoms with Gasteiger partial charge < -0.3 is 26.6 Å². The molecule has 1 aliphatic heterocycles. The molecule has 12 heteroatoms. The first-order valence-electron chi connectivity index (χ1n) is 14.7. The summed E-state index contributed by atoms with van der Waals surface area (Å²) in [5.41, 5.74) is 4.56. The summed E-state index contributed by atoms with van der Waals surface area (Å²) in [6, 6.07) is -3.71. The number of carbonyl (C=O) groups excluding carboxylic acids is 5. The molecule has 5 N–H and O–H groups in total. The van der Waals surface area contributed by atoms with Gasteiger partial charge in [0.2, 0.25) is 17.6 Å². The van der Waals surface area contributed by atoms with Crippen LogP contribution in [-0.4, -0.2) is 79.9 Å². The van der Waals surface area contributed by atoms with Crippen molar-refractivity contribution in [3.05, 3.63) is 0 Å². The highest BCUT2D eigenvalue weighted by Crippen LogP contribution is 2.31. The fraction of sp³-hybridized carbons (Fsp3) is 0.828. The second-order valence-corrected chi connectivity index (χ2v) is 16.2. The van der Waals surface area contributed by atoms with Gasteiger partial charge in [0.15, 0.2) is 0 Å². The Morgan fingerprint density at radius 2 is 1.54 bits per heavy atom. The Hall–Kier alpha value is -2.50. The van der Waals surface area contributed by atoms with E-state index in [0.717, 1.165) is 19.3 Å². The van der Waals surface area contributed by atoms with Gasteiger partial charge >= 0.3 is 6.03 Å². The minimum atomic E-state index is -1.18. The average Bonchev–Trinajstić information content (AvgIpc) is 3.31. The maximum Gasteiger partial charge on any atom is 0.315 e. The first kappa shape index (κ1) is 34.7. The van der Waals surface area contributed by atoms with Crippen LogP contribution in [0.25, 0.3) is 0 Å². The van der Waals surface area contributed by atoms with Crippen molar-refractivity contribution in [2.45, 2.75) is 123 Å². The molecule has 2 fully saturated rings. The van der Waals surface area contributed by atoms with E-state index in [-0.39, 0.29) is 23.6 Å². The third kappa shape index (κ3) is 9.78. The van der Waals surface area contributed by atoms with Crippen molar-refractivity contribution in [3.8, 4) is 0 Å². The number of hydrogen-bond donors (Lipinski definition) is 4. The zero-order valence-electron chi connectivity index (χ0n) is 26.0. The van der Waals surface area contributed by atoms with E-state index in [1.807, 2.05) is 55.4 Å². The zero-order chi connectivity index (χ0) is 31.3. The summed E-state index contributed by atoms with van der Waals surface area (Å²) in [7, 11) is -1.18. The van der Waals surface area contributed by atoms with Crippen molar-refractivity contribution in [1.29, 1.82) is 0 Å². The number of primary amides is 1. The summed E-state index contributed by atoms with van der Waals surface area (Å²) >= 11 is 0. The molecule has 41 heavy (non-hydrogen) atoms. The predicted octanol–water partition coefficient (Wildman–Crippen LogP) is 1.99. The molecule has 11 nitrogen and oxygen atoms in total. The van der Waals surface area contributed by atoms with Gasteiger partial charge in [-0.1, -0.05) is 53.9 Å². The van der Waals surface area contributed by atoms with Gasteiger partial charge in [0.05, 0.1) is 6.04 Å². The number of rotatable bonds is 12. The maximum atomic E-state index is 13.8. The summed E-state index contributed by atoms with van der Waals surface area (Å²) in [6.45, 7) is 15.3. The number of ketones is 1.